The molecule has 0 unspecified atom stereocenters. The van der Waals surface area contributed by atoms with E-state index in [1.54, 1.807) is 6.20 Å². The number of hydrogen-bond acceptors (Lipinski definition) is 5. The van der Waals surface area contributed by atoms with Gasteiger partial charge in [-0.1, -0.05) is 30.3 Å². The predicted octanol–water partition coefficient (Wildman–Crippen LogP) is 3.24. The number of aromatic nitrogens is 1. The van der Waals surface area contributed by atoms with Crippen LogP contribution in [0.1, 0.15) is 29.5 Å². The van der Waals surface area contributed by atoms with Crippen LogP contribution in [0.25, 0.3) is 10.9 Å². The van der Waals surface area contributed by atoms with Gasteiger partial charge in [0, 0.05) is 24.5 Å². The van der Waals surface area contributed by atoms with Crippen molar-refractivity contribution in [1.29, 1.82) is 0 Å². The molecule has 1 heterocycles. The highest BCUT2D eigenvalue weighted by molar-refractivity contribution is 5.92. The van der Waals surface area contributed by atoms with E-state index in [0.717, 1.165) is 36.1 Å². The molecule has 0 aliphatic rings. The third-order valence-electron chi connectivity index (χ3n) is 6.80. The first-order valence-electron chi connectivity index (χ1n) is 13.0. The standard InChI is InChI=1S/C29H36F3N5O2/c1-37(2,15-13-33)14-5-7-24(34)28(39)36-26(17-20-9-11-23(12-10-20)29(30,31)32)27(38)18-21-16-22-6-3-4-8-25(22)35-19-21/h3-4,6,8-12,16,19,24,26H,5,7,13-15,17-18,33-34H2,1-2H3/p+1/t24-,26-/m0/s1. The van der Waals surface area contributed by atoms with Crippen LogP contribution in [0.3, 0.4) is 0 Å². The number of nitrogens with one attached hydrogen (secondary N) is 1. The number of quaternary nitrogens is 1. The third kappa shape index (κ3) is 9.12. The fourth-order valence-corrected chi connectivity index (χ4v) is 4.46. The summed E-state index contributed by atoms with van der Waals surface area (Å²) in [6.45, 7) is 2.15. The molecule has 2 aromatic carbocycles. The number of rotatable bonds is 13. The van der Waals surface area contributed by atoms with Gasteiger partial charge in [-0.25, -0.2) is 0 Å². The number of carbonyl (C=O) groups is 2. The van der Waals surface area contributed by atoms with E-state index in [1.807, 2.05) is 30.3 Å². The van der Waals surface area contributed by atoms with Crippen LogP contribution in [0.15, 0.2) is 60.8 Å². The molecule has 0 aliphatic heterocycles. The molecular weight excluding hydrogens is 507 g/mol. The lowest BCUT2D eigenvalue weighted by Crippen LogP contribution is -2.50. The van der Waals surface area contributed by atoms with Gasteiger partial charge in [0.2, 0.25) is 5.91 Å². The Morgan fingerprint density at radius 1 is 1.03 bits per heavy atom. The number of hydrogen-bond donors (Lipinski definition) is 3. The van der Waals surface area contributed by atoms with Crippen molar-refractivity contribution in [2.45, 2.75) is 43.9 Å². The minimum absolute atomic E-state index is 0.00338. The molecule has 0 fully saturated rings. The van der Waals surface area contributed by atoms with E-state index >= 15 is 0 Å². The minimum Gasteiger partial charge on any atom is -0.345 e. The van der Waals surface area contributed by atoms with Gasteiger partial charge in [-0.3, -0.25) is 14.6 Å². The molecule has 2 atom stereocenters. The van der Waals surface area contributed by atoms with E-state index < -0.39 is 29.7 Å². The summed E-state index contributed by atoms with van der Waals surface area (Å²) in [5, 5.41) is 3.64. The van der Waals surface area contributed by atoms with Gasteiger partial charge in [0.1, 0.15) is 0 Å². The van der Waals surface area contributed by atoms with Crippen LogP contribution in [0.4, 0.5) is 13.2 Å². The zero-order valence-corrected chi connectivity index (χ0v) is 22.4. The average molecular weight is 545 g/mol. The van der Waals surface area contributed by atoms with Crippen molar-refractivity contribution in [3.8, 4) is 0 Å². The highest BCUT2D eigenvalue weighted by Gasteiger charge is 2.30. The van der Waals surface area contributed by atoms with Gasteiger partial charge < -0.3 is 21.3 Å². The van der Waals surface area contributed by atoms with Crippen molar-refractivity contribution >= 4 is 22.6 Å². The fraction of sp³-hybridized carbons (Fsp3) is 0.414. The maximum atomic E-state index is 13.4. The summed E-state index contributed by atoms with van der Waals surface area (Å²) in [6.07, 6.45) is -1.68. The van der Waals surface area contributed by atoms with Gasteiger partial charge in [-0.05, 0) is 54.7 Å². The molecule has 5 N–H and O–H groups in total. The molecule has 7 nitrogen and oxygen atoms in total. The van der Waals surface area contributed by atoms with Crippen LogP contribution in [0, 0.1) is 0 Å². The van der Waals surface area contributed by atoms with Gasteiger partial charge in [0.25, 0.3) is 0 Å². The molecule has 3 aromatic rings. The Labute approximate surface area is 227 Å². The Balaban J connectivity index is 1.73. The van der Waals surface area contributed by atoms with Crippen LogP contribution in [-0.2, 0) is 28.6 Å². The Hall–Kier alpha value is -3.34. The summed E-state index contributed by atoms with van der Waals surface area (Å²) in [5.74, 6) is -0.755. The molecular formula is C29H37F3N5O2+. The lowest BCUT2D eigenvalue weighted by Gasteiger charge is -2.29. The maximum Gasteiger partial charge on any atom is 0.416 e. The monoisotopic (exact) mass is 544 g/mol. The number of ketones is 1. The van der Waals surface area contributed by atoms with Crippen molar-refractivity contribution in [3.05, 3.63) is 77.5 Å². The second kappa shape index (κ2) is 13.1. The van der Waals surface area contributed by atoms with E-state index in [4.69, 9.17) is 11.5 Å². The van der Waals surface area contributed by atoms with Gasteiger partial charge in [-0.15, -0.1) is 0 Å². The van der Waals surface area contributed by atoms with Crippen molar-refractivity contribution in [2.24, 2.45) is 11.5 Å². The summed E-state index contributed by atoms with van der Waals surface area (Å²) in [4.78, 5) is 30.7. The zero-order chi connectivity index (χ0) is 28.6. The van der Waals surface area contributed by atoms with E-state index in [1.165, 1.54) is 12.1 Å². The number of amides is 1. The van der Waals surface area contributed by atoms with Crippen molar-refractivity contribution in [2.75, 3.05) is 33.7 Å². The maximum absolute atomic E-state index is 13.4. The van der Waals surface area contributed by atoms with Crippen LogP contribution in [-0.4, -0.2) is 67.0 Å². The van der Waals surface area contributed by atoms with Crippen LogP contribution >= 0.6 is 0 Å². The fourth-order valence-electron chi connectivity index (χ4n) is 4.46. The molecule has 39 heavy (non-hydrogen) atoms. The smallest absolute Gasteiger partial charge is 0.345 e. The minimum atomic E-state index is -4.46. The highest BCUT2D eigenvalue weighted by atomic mass is 19.4. The Bertz CT molecular complexity index is 1260. The van der Waals surface area contributed by atoms with E-state index in [-0.39, 0.29) is 18.6 Å². The molecule has 0 bridgehead atoms. The molecule has 0 aliphatic carbocycles. The number of halogens is 3. The third-order valence-corrected chi connectivity index (χ3v) is 6.80. The number of nitrogens with two attached hydrogens (primary N) is 2. The van der Waals surface area contributed by atoms with Gasteiger partial charge in [0.15, 0.2) is 5.78 Å². The molecule has 210 valence electrons. The second-order valence-corrected chi connectivity index (χ2v) is 10.6. The number of carbonyl (C=O) groups excluding carboxylic acids is 2. The number of nitrogens with zero attached hydrogens (tertiary/aromatic N) is 2. The molecule has 10 heteroatoms. The number of para-hydroxylation sites is 1. The van der Waals surface area contributed by atoms with Crippen LogP contribution in [0.5, 0.6) is 0 Å². The summed E-state index contributed by atoms with van der Waals surface area (Å²) in [6, 6.07) is 12.2. The number of likely N-dealkylation sites (N-methyl/N-ethyl adjacent to an activating group) is 1. The summed E-state index contributed by atoms with van der Waals surface area (Å²) in [7, 11) is 4.11. The largest absolute Gasteiger partial charge is 0.416 e. The highest BCUT2D eigenvalue weighted by Crippen LogP contribution is 2.29. The number of pyridine rings is 1. The van der Waals surface area contributed by atoms with Crippen molar-refractivity contribution < 1.29 is 27.2 Å². The molecule has 3 rings (SSSR count). The van der Waals surface area contributed by atoms with Gasteiger partial charge >= 0.3 is 6.18 Å². The number of alkyl halides is 3. The second-order valence-electron chi connectivity index (χ2n) is 10.6. The average Bonchev–Trinajstić information content (AvgIpc) is 2.87. The summed E-state index contributed by atoms with van der Waals surface area (Å²) < 4.78 is 39.7. The lowest BCUT2D eigenvalue weighted by molar-refractivity contribution is -0.889. The quantitative estimate of drug-likeness (QED) is 0.286. The number of fused-ring (bicyclic) bond motifs is 1. The SMILES string of the molecule is C[N+](C)(CCN)CCC[C@H](N)C(=O)N[C@@H](Cc1ccc(C(F)(F)F)cc1)C(=O)Cc1cnc2ccccc2c1. The molecule has 1 aromatic heterocycles. The Morgan fingerprint density at radius 3 is 2.38 bits per heavy atom. The predicted molar refractivity (Wildman–Crippen MR) is 146 cm³/mol. The molecule has 1 amide bonds. The van der Waals surface area contributed by atoms with Crippen molar-refractivity contribution in [1.82, 2.24) is 10.3 Å². The topological polar surface area (TPSA) is 111 Å². The van der Waals surface area contributed by atoms with E-state index in [9.17, 15) is 22.8 Å². The Kier molecular flexibility index (Phi) is 10.2. The molecule has 0 saturated heterocycles. The van der Waals surface area contributed by atoms with E-state index in [0.29, 0.717) is 35.0 Å². The van der Waals surface area contributed by atoms with E-state index in [2.05, 4.69) is 24.4 Å². The first kappa shape index (κ1) is 30.2. The van der Waals surface area contributed by atoms with Gasteiger partial charge in [-0.2, -0.15) is 13.2 Å². The van der Waals surface area contributed by atoms with Crippen molar-refractivity contribution in [3.63, 3.8) is 0 Å². The normalized spacial score (nSPS) is 13.7. The molecule has 0 saturated carbocycles. The Morgan fingerprint density at radius 2 is 1.72 bits per heavy atom. The first-order valence-corrected chi connectivity index (χ1v) is 13.0. The molecule has 0 spiro atoms. The summed E-state index contributed by atoms with van der Waals surface area (Å²) >= 11 is 0. The van der Waals surface area contributed by atoms with Crippen LogP contribution in [0.2, 0.25) is 0 Å². The zero-order valence-electron chi connectivity index (χ0n) is 22.4. The number of benzene rings is 2. The van der Waals surface area contributed by atoms with Gasteiger partial charge in [0.05, 0.1) is 50.3 Å². The van der Waals surface area contributed by atoms with Crippen LogP contribution < -0.4 is 16.8 Å². The number of Topliss-reactive ketones (excluding diaryl/α,β-unsaturated/α-hetero) is 1. The first-order chi connectivity index (χ1) is 18.4. The lowest BCUT2D eigenvalue weighted by atomic mass is 9.96. The summed E-state index contributed by atoms with van der Waals surface area (Å²) in [5.41, 5.74) is 13.0. The molecule has 0 radical (unpaired) electrons.